The van der Waals surface area contributed by atoms with Gasteiger partial charge in [0.1, 0.15) is 23.3 Å². The van der Waals surface area contributed by atoms with Gasteiger partial charge >= 0.3 is 11.8 Å². The monoisotopic (exact) mass is 394 g/mol. The van der Waals surface area contributed by atoms with E-state index in [-0.39, 0.29) is 11.4 Å². The number of nitrogens with zero attached hydrogens (tertiary/aromatic N) is 2. The highest BCUT2D eigenvalue weighted by molar-refractivity contribution is 6.35. The molecular weight excluding hydrogens is 380 g/mol. The lowest BCUT2D eigenvalue weighted by Gasteiger charge is -2.06. The summed E-state index contributed by atoms with van der Waals surface area (Å²) < 4.78 is 54.5. The topological polar surface area (TPSA) is 82.9 Å². The van der Waals surface area contributed by atoms with Crippen molar-refractivity contribution in [3.05, 3.63) is 70.8 Å². The molecular formula is C18H14F4N4O2. The molecule has 0 aromatic heterocycles. The fraction of sp³-hybridized carbons (Fsp3) is 0.111. The van der Waals surface area contributed by atoms with E-state index in [9.17, 15) is 27.2 Å². The Labute approximate surface area is 156 Å². The Kier molecular flexibility index (Phi) is 6.59. The molecule has 0 saturated heterocycles. The van der Waals surface area contributed by atoms with Crippen LogP contribution in [0, 0.1) is 23.3 Å². The zero-order chi connectivity index (χ0) is 20.8. The SMILES string of the molecule is C/C(=N/NC(=O)C(=O)N/N=C(/C)c1c(F)cccc1F)c1c(F)cccc1F. The summed E-state index contributed by atoms with van der Waals surface area (Å²) in [7, 11) is 0. The smallest absolute Gasteiger partial charge is 0.262 e. The normalized spacial score (nSPS) is 11.9. The number of amides is 2. The second-order valence-corrected chi connectivity index (χ2v) is 5.47. The summed E-state index contributed by atoms with van der Waals surface area (Å²) >= 11 is 0. The summed E-state index contributed by atoms with van der Waals surface area (Å²) in [5.74, 6) is -6.19. The predicted molar refractivity (Wildman–Crippen MR) is 93.4 cm³/mol. The first-order chi connectivity index (χ1) is 13.2. The Hall–Kier alpha value is -3.56. The molecule has 0 aliphatic carbocycles. The van der Waals surface area contributed by atoms with Crippen molar-refractivity contribution >= 4 is 23.2 Å². The van der Waals surface area contributed by atoms with Gasteiger partial charge in [-0.2, -0.15) is 10.2 Å². The van der Waals surface area contributed by atoms with Gasteiger partial charge in [0.25, 0.3) is 0 Å². The van der Waals surface area contributed by atoms with E-state index in [1.54, 1.807) is 0 Å². The minimum absolute atomic E-state index is 0.218. The molecule has 146 valence electrons. The number of hydrogen-bond donors (Lipinski definition) is 2. The molecule has 0 atom stereocenters. The average molecular weight is 394 g/mol. The van der Waals surface area contributed by atoms with Gasteiger partial charge in [-0.15, -0.1) is 0 Å². The second kappa shape index (κ2) is 8.89. The van der Waals surface area contributed by atoms with Crippen LogP contribution in [0.15, 0.2) is 46.6 Å². The van der Waals surface area contributed by atoms with Crippen molar-refractivity contribution in [1.82, 2.24) is 10.9 Å². The summed E-state index contributed by atoms with van der Waals surface area (Å²) in [4.78, 5) is 23.4. The quantitative estimate of drug-likeness (QED) is 0.362. The highest BCUT2D eigenvalue weighted by Crippen LogP contribution is 2.13. The van der Waals surface area contributed by atoms with Gasteiger partial charge in [-0.1, -0.05) is 12.1 Å². The van der Waals surface area contributed by atoms with Crippen molar-refractivity contribution in [3.63, 3.8) is 0 Å². The van der Waals surface area contributed by atoms with E-state index in [1.807, 2.05) is 10.9 Å². The third-order valence-corrected chi connectivity index (χ3v) is 3.51. The number of nitrogens with one attached hydrogen (secondary N) is 2. The predicted octanol–water partition coefficient (Wildman–Crippen LogP) is 2.62. The summed E-state index contributed by atoms with van der Waals surface area (Å²) in [6.07, 6.45) is 0. The maximum Gasteiger partial charge on any atom is 0.331 e. The maximum atomic E-state index is 13.6. The van der Waals surface area contributed by atoms with E-state index in [0.717, 1.165) is 36.4 Å². The van der Waals surface area contributed by atoms with E-state index in [4.69, 9.17) is 0 Å². The van der Waals surface area contributed by atoms with Gasteiger partial charge in [0, 0.05) is 0 Å². The van der Waals surface area contributed by atoms with Crippen LogP contribution in [0.4, 0.5) is 17.6 Å². The van der Waals surface area contributed by atoms with E-state index in [1.165, 1.54) is 13.8 Å². The number of halogens is 4. The van der Waals surface area contributed by atoms with Crippen molar-refractivity contribution in [3.8, 4) is 0 Å². The van der Waals surface area contributed by atoms with Gasteiger partial charge in [0.05, 0.1) is 22.6 Å². The molecule has 0 saturated carbocycles. The Balaban J connectivity index is 2.06. The van der Waals surface area contributed by atoms with E-state index in [2.05, 4.69) is 10.2 Å². The van der Waals surface area contributed by atoms with E-state index in [0.29, 0.717) is 0 Å². The third kappa shape index (κ3) is 4.78. The number of hydrogen-bond acceptors (Lipinski definition) is 4. The molecule has 0 fully saturated rings. The highest BCUT2D eigenvalue weighted by atomic mass is 19.1. The fourth-order valence-corrected chi connectivity index (χ4v) is 2.17. The van der Waals surface area contributed by atoms with E-state index >= 15 is 0 Å². The molecule has 0 spiro atoms. The summed E-state index contributed by atoms with van der Waals surface area (Å²) in [5, 5.41) is 6.92. The van der Waals surface area contributed by atoms with Gasteiger partial charge in [0.15, 0.2) is 0 Å². The summed E-state index contributed by atoms with van der Waals surface area (Å²) in [6, 6.07) is 6.34. The molecule has 0 heterocycles. The molecule has 2 rings (SSSR count). The van der Waals surface area contributed by atoms with Crippen LogP contribution in [0.25, 0.3) is 0 Å². The molecule has 0 aliphatic heterocycles. The van der Waals surface area contributed by atoms with Crippen LogP contribution in [-0.4, -0.2) is 23.2 Å². The lowest BCUT2D eigenvalue weighted by molar-refractivity contribution is -0.139. The Morgan fingerprint density at radius 3 is 1.25 bits per heavy atom. The molecule has 28 heavy (non-hydrogen) atoms. The molecule has 2 aromatic carbocycles. The molecule has 2 aromatic rings. The Morgan fingerprint density at radius 2 is 0.964 bits per heavy atom. The van der Waals surface area contributed by atoms with Crippen LogP contribution in [-0.2, 0) is 9.59 Å². The second-order valence-electron chi connectivity index (χ2n) is 5.47. The van der Waals surface area contributed by atoms with Crippen LogP contribution in [0.3, 0.4) is 0 Å². The number of benzene rings is 2. The van der Waals surface area contributed by atoms with Gasteiger partial charge in [0.2, 0.25) is 0 Å². The first-order valence-corrected chi connectivity index (χ1v) is 7.80. The third-order valence-electron chi connectivity index (χ3n) is 3.51. The van der Waals surface area contributed by atoms with Crippen molar-refractivity contribution in [2.75, 3.05) is 0 Å². The highest BCUT2D eigenvalue weighted by Gasteiger charge is 2.16. The lowest BCUT2D eigenvalue weighted by atomic mass is 10.1. The number of carbonyl (C=O) groups excluding carboxylic acids is 2. The van der Waals surface area contributed by atoms with Crippen LogP contribution in [0.5, 0.6) is 0 Å². The summed E-state index contributed by atoms with van der Waals surface area (Å²) in [5.41, 5.74) is 2.25. The fourth-order valence-electron chi connectivity index (χ4n) is 2.17. The number of hydrazone groups is 2. The molecule has 0 aliphatic rings. The van der Waals surface area contributed by atoms with Gasteiger partial charge in [-0.3, -0.25) is 9.59 Å². The minimum Gasteiger partial charge on any atom is -0.262 e. The van der Waals surface area contributed by atoms with Crippen LogP contribution >= 0.6 is 0 Å². The van der Waals surface area contributed by atoms with Crippen molar-refractivity contribution < 1.29 is 27.2 Å². The zero-order valence-corrected chi connectivity index (χ0v) is 14.7. The molecule has 2 amide bonds. The van der Waals surface area contributed by atoms with E-state index < -0.39 is 46.2 Å². The first-order valence-electron chi connectivity index (χ1n) is 7.80. The van der Waals surface area contributed by atoms with Crippen molar-refractivity contribution in [2.45, 2.75) is 13.8 Å². The van der Waals surface area contributed by atoms with Crippen molar-refractivity contribution in [2.24, 2.45) is 10.2 Å². The van der Waals surface area contributed by atoms with Crippen LogP contribution in [0.1, 0.15) is 25.0 Å². The maximum absolute atomic E-state index is 13.6. The average Bonchev–Trinajstić information content (AvgIpc) is 2.63. The molecule has 0 radical (unpaired) electrons. The van der Waals surface area contributed by atoms with Gasteiger partial charge < -0.3 is 0 Å². The molecule has 2 N–H and O–H groups in total. The van der Waals surface area contributed by atoms with Gasteiger partial charge in [-0.25, -0.2) is 28.4 Å². The zero-order valence-electron chi connectivity index (χ0n) is 14.7. The standard InChI is InChI=1S/C18H14F4N4O2/c1-9(15-11(19)5-3-6-12(15)20)23-25-17(27)18(28)26-24-10(2)16-13(21)7-4-8-14(16)22/h3-8H,1-2H3,(H,25,27)(H,26,28)/b23-9-,24-10-. The first kappa shape index (κ1) is 20.7. The lowest BCUT2D eigenvalue weighted by Crippen LogP contribution is -2.36. The van der Waals surface area contributed by atoms with Gasteiger partial charge in [-0.05, 0) is 38.1 Å². The van der Waals surface area contributed by atoms with Crippen LogP contribution < -0.4 is 10.9 Å². The number of rotatable bonds is 4. The Bertz CT molecular complexity index is 870. The largest absolute Gasteiger partial charge is 0.331 e. The van der Waals surface area contributed by atoms with Crippen LogP contribution in [0.2, 0.25) is 0 Å². The molecule has 0 unspecified atom stereocenters. The summed E-state index contributed by atoms with van der Waals surface area (Å²) in [6.45, 7) is 2.45. The molecule has 6 nitrogen and oxygen atoms in total. The minimum atomic E-state index is -1.30. The molecule has 10 heteroatoms. The molecule has 0 bridgehead atoms. The number of carbonyl (C=O) groups is 2. The van der Waals surface area contributed by atoms with Crippen molar-refractivity contribution in [1.29, 1.82) is 0 Å². The Morgan fingerprint density at radius 1 is 0.679 bits per heavy atom.